The molecule has 0 fully saturated rings. The Balaban J connectivity index is 2.35. The minimum absolute atomic E-state index is 0.223. The normalized spacial score (nSPS) is 9.07. The fraction of sp³-hybridized carbons (Fsp3) is 0.0909. The third kappa shape index (κ3) is 2.10. The van der Waals surface area contributed by atoms with Gasteiger partial charge in [-0.3, -0.25) is 0 Å². The molecule has 0 atom stereocenters. The molecule has 72 valence electrons. The van der Waals surface area contributed by atoms with Crippen LogP contribution < -0.4 is 0 Å². The molecule has 15 heavy (non-hydrogen) atoms. The Morgan fingerprint density at radius 3 is 3.13 bits per heavy atom. The molecular formula is C11H7N3S. The van der Waals surface area contributed by atoms with E-state index in [9.17, 15) is 0 Å². The maximum absolute atomic E-state index is 8.09. The van der Waals surface area contributed by atoms with Gasteiger partial charge >= 0.3 is 0 Å². The van der Waals surface area contributed by atoms with Gasteiger partial charge in [0.15, 0.2) is 0 Å². The summed E-state index contributed by atoms with van der Waals surface area (Å²) in [6, 6.07) is 8.12. The van der Waals surface area contributed by atoms with Gasteiger partial charge in [0.25, 0.3) is 0 Å². The maximum atomic E-state index is 8.09. The Hall–Kier alpha value is -1.95. The number of benzene rings is 1. The summed E-state index contributed by atoms with van der Waals surface area (Å²) < 4.78 is 1.23. The lowest BCUT2D eigenvalue weighted by atomic mass is 10.2. The molecule has 2 rings (SSSR count). The zero-order valence-electron chi connectivity index (χ0n) is 7.84. The zero-order valence-corrected chi connectivity index (χ0v) is 8.66. The van der Waals surface area contributed by atoms with Gasteiger partial charge in [0, 0.05) is 25.9 Å². The predicted molar refractivity (Wildman–Crippen MR) is 62.7 cm³/mol. The highest BCUT2D eigenvalue weighted by Gasteiger charge is 1.98. The standard InChI is InChI=1S/C11H7N3S/c12-14-13-7-3-4-9-8-15-11-6-2-1-5-10(9)11/h1-2,5-6,8H,7H2. The summed E-state index contributed by atoms with van der Waals surface area (Å²) in [5.41, 5.74) is 9.09. The van der Waals surface area contributed by atoms with Crippen LogP contribution in [0.5, 0.6) is 0 Å². The summed E-state index contributed by atoms with van der Waals surface area (Å²) in [4.78, 5) is 2.64. The predicted octanol–water partition coefficient (Wildman–Crippen LogP) is 3.56. The molecule has 0 spiro atoms. The van der Waals surface area contributed by atoms with Crippen molar-refractivity contribution in [3.63, 3.8) is 0 Å². The first kappa shape index (κ1) is 9.60. The van der Waals surface area contributed by atoms with Crippen molar-refractivity contribution in [2.75, 3.05) is 6.54 Å². The summed E-state index contributed by atoms with van der Waals surface area (Å²) >= 11 is 1.67. The average molecular weight is 213 g/mol. The molecule has 0 aliphatic rings. The molecule has 0 unspecified atom stereocenters. The first-order chi connectivity index (χ1) is 7.42. The van der Waals surface area contributed by atoms with E-state index in [4.69, 9.17) is 5.53 Å². The lowest BCUT2D eigenvalue weighted by Crippen LogP contribution is -1.72. The average Bonchev–Trinajstić information content (AvgIpc) is 2.68. The van der Waals surface area contributed by atoms with Crippen molar-refractivity contribution in [1.82, 2.24) is 0 Å². The van der Waals surface area contributed by atoms with Gasteiger partial charge in [-0.1, -0.05) is 35.2 Å². The minimum atomic E-state index is 0.223. The topological polar surface area (TPSA) is 48.8 Å². The van der Waals surface area contributed by atoms with Crippen LogP contribution in [-0.4, -0.2) is 6.54 Å². The largest absolute Gasteiger partial charge is 0.142 e. The highest BCUT2D eigenvalue weighted by atomic mass is 32.1. The molecule has 0 N–H and O–H groups in total. The van der Waals surface area contributed by atoms with Crippen LogP contribution in [0.4, 0.5) is 0 Å². The number of nitrogens with zero attached hydrogens (tertiary/aromatic N) is 3. The monoisotopic (exact) mass is 213 g/mol. The molecule has 0 saturated carbocycles. The summed E-state index contributed by atoms with van der Waals surface area (Å²) in [5, 5.41) is 6.55. The van der Waals surface area contributed by atoms with Gasteiger partial charge in [0.2, 0.25) is 0 Å². The second kappa shape index (κ2) is 4.52. The van der Waals surface area contributed by atoms with Crippen LogP contribution in [0.15, 0.2) is 34.8 Å². The van der Waals surface area contributed by atoms with Gasteiger partial charge in [-0.2, -0.15) is 0 Å². The van der Waals surface area contributed by atoms with Gasteiger partial charge in [0.1, 0.15) is 0 Å². The van der Waals surface area contributed by atoms with Crippen molar-refractivity contribution in [3.8, 4) is 11.8 Å². The third-order valence-corrected chi connectivity index (χ3v) is 2.88. The van der Waals surface area contributed by atoms with Crippen LogP contribution in [0.3, 0.4) is 0 Å². The van der Waals surface area contributed by atoms with Crippen LogP contribution in [0.25, 0.3) is 20.5 Å². The van der Waals surface area contributed by atoms with Crippen molar-refractivity contribution in [1.29, 1.82) is 0 Å². The van der Waals surface area contributed by atoms with E-state index in [2.05, 4.69) is 27.9 Å². The Morgan fingerprint density at radius 2 is 2.27 bits per heavy atom. The third-order valence-electron chi connectivity index (χ3n) is 1.92. The molecule has 0 aliphatic heterocycles. The van der Waals surface area contributed by atoms with Gasteiger partial charge in [-0.15, -0.1) is 11.3 Å². The van der Waals surface area contributed by atoms with Crippen LogP contribution >= 0.6 is 11.3 Å². The number of thiophene rings is 1. The van der Waals surface area contributed by atoms with E-state index in [0.717, 1.165) is 10.9 Å². The van der Waals surface area contributed by atoms with Crippen LogP contribution in [0.2, 0.25) is 0 Å². The smallest absolute Gasteiger partial charge is 0.0880 e. The van der Waals surface area contributed by atoms with Gasteiger partial charge in [-0.05, 0) is 11.6 Å². The number of fused-ring (bicyclic) bond motifs is 1. The summed E-state index contributed by atoms with van der Waals surface area (Å²) in [6.07, 6.45) is 0. The molecule has 0 bridgehead atoms. The van der Waals surface area contributed by atoms with Crippen LogP contribution in [0, 0.1) is 11.8 Å². The van der Waals surface area contributed by atoms with E-state index in [0.29, 0.717) is 0 Å². The first-order valence-corrected chi connectivity index (χ1v) is 5.26. The molecule has 3 nitrogen and oxygen atoms in total. The number of hydrogen-bond donors (Lipinski definition) is 0. The molecule has 1 aromatic heterocycles. The SMILES string of the molecule is [N-]=[N+]=NCC#Cc1csc2ccccc12. The van der Waals surface area contributed by atoms with Crippen LogP contribution in [0.1, 0.15) is 5.56 Å². The molecule has 4 heteroatoms. The van der Waals surface area contributed by atoms with E-state index >= 15 is 0 Å². The molecule has 0 amide bonds. The highest BCUT2D eigenvalue weighted by molar-refractivity contribution is 7.17. The minimum Gasteiger partial charge on any atom is -0.142 e. The van der Waals surface area contributed by atoms with Crippen molar-refractivity contribution in [2.24, 2.45) is 5.11 Å². The quantitative estimate of drug-likeness (QED) is 0.301. The molecule has 0 saturated heterocycles. The van der Waals surface area contributed by atoms with Gasteiger partial charge < -0.3 is 0 Å². The molecular weight excluding hydrogens is 206 g/mol. The second-order valence-electron chi connectivity index (χ2n) is 2.84. The van der Waals surface area contributed by atoms with Crippen molar-refractivity contribution in [3.05, 3.63) is 45.7 Å². The summed E-state index contributed by atoms with van der Waals surface area (Å²) in [6.45, 7) is 0.223. The Kier molecular flexibility index (Phi) is 2.89. The van der Waals surface area contributed by atoms with Crippen molar-refractivity contribution >= 4 is 21.4 Å². The zero-order chi connectivity index (χ0) is 10.5. The molecule has 0 radical (unpaired) electrons. The Morgan fingerprint density at radius 1 is 1.40 bits per heavy atom. The first-order valence-electron chi connectivity index (χ1n) is 4.38. The summed E-state index contributed by atoms with van der Waals surface area (Å²) in [5.74, 6) is 5.82. The molecule has 0 aliphatic carbocycles. The fourth-order valence-electron chi connectivity index (χ4n) is 1.28. The van der Waals surface area contributed by atoms with E-state index in [-0.39, 0.29) is 6.54 Å². The number of azide groups is 1. The van der Waals surface area contributed by atoms with E-state index < -0.39 is 0 Å². The van der Waals surface area contributed by atoms with Crippen molar-refractivity contribution in [2.45, 2.75) is 0 Å². The Labute approximate surface area is 91.0 Å². The lowest BCUT2D eigenvalue weighted by Gasteiger charge is -1.87. The van der Waals surface area contributed by atoms with E-state index in [1.807, 2.05) is 23.6 Å². The second-order valence-corrected chi connectivity index (χ2v) is 3.75. The fourth-order valence-corrected chi connectivity index (χ4v) is 2.17. The molecule has 2 aromatic rings. The number of rotatable bonds is 1. The van der Waals surface area contributed by atoms with Gasteiger partial charge in [0.05, 0.1) is 6.54 Å². The van der Waals surface area contributed by atoms with Crippen LogP contribution in [-0.2, 0) is 0 Å². The van der Waals surface area contributed by atoms with E-state index in [1.54, 1.807) is 11.3 Å². The Bertz CT molecular complexity index is 582. The molecule has 1 heterocycles. The highest BCUT2D eigenvalue weighted by Crippen LogP contribution is 2.24. The lowest BCUT2D eigenvalue weighted by molar-refractivity contribution is 1.25. The van der Waals surface area contributed by atoms with Gasteiger partial charge in [-0.25, -0.2) is 0 Å². The van der Waals surface area contributed by atoms with Crippen molar-refractivity contribution < 1.29 is 0 Å². The number of hydrogen-bond acceptors (Lipinski definition) is 2. The molecule has 1 aromatic carbocycles. The summed E-state index contributed by atoms with van der Waals surface area (Å²) in [7, 11) is 0. The van der Waals surface area contributed by atoms with E-state index in [1.165, 1.54) is 4.70 Å². The maximum Gasteiger partial charge on any atom is 0.0880 e.